The molecule has 0 bridgehead atoms. The summed E-state index contributed by atoms with van der Waals surface area (Å²) < 4.78 is 10.4. The number of nitrogens with one attached hydrogen (secondary N) is 1. The largest absolute Gasteiger partial charge is 0.496 e. The predicted molar refractivity (Wildman–Crippen MR) is 112 cm³/mol. The topological polar surface area (TPSA) is 81.7 Å². The van der Waals surface area contributed by atoms with Crippen molar-refractivity contribution >= 4 is 34.9 Å². The maximum atomic E-state index is 12.5. The van der Waals surface area contributed by atoms with Gasteiger partial charge >= 0.3 is 5.97 Å². The van der Waals surface area contributed by atoms with Gasteiger partial charge in [0.25, 0.3) is 0 Å². The van der Waals surface area contributed by atoms with Gasteiger partial charge in [-0.05, 0) is 36.8 Å². The second kappa shape index (κ2) is 11.2. The molecule has 0 aliphatic heterocycles. The van der Waals surface area contributed by atoms with E-state index in [9.17, 15) is 14.4 Å². The summed E-state index contributed by atoms with van der Waals surface area (Å²) in [5.74, 6) is -0.728. The lowest BCUT2D eigenvalue weighted by molar-refractivity contribution is -0.116. The van der Waals surface area contributed by atoms with Gasteiger partial charge in [-0.3, -0.25) is 9.59 Å². The van der Waals surface area contributed by atoms with Crippen LogP contribution < -0.4 is 10.1 Å². The summed E-state index contributed by atoms with van der Waals surface area (Å²) in [6.45, 7) is 2.33. The highest BCUT2D eigenvalue weighted by Crippen LogP contribution is 2.24. The molecule has 2 rings (SSSR count). The van der Waals surface area contributed by atoms with Gasteiger partial charge in [0.2, 0.25) is 5.91 Å². The summed E-state index contributed by atoms with van der Waals surface area (Å²) in [5, 5.41) is 3.09. The molecule has 1 amide bonds. The minimum Gasteiger partial charge on any atom is -0.496 e. The number of ether oxygens (including phenoxy) is 2. The molecule has 0 unspecified atom stereocenters. The third-order valence-electron chi connectivity index (χ3n) is 4.19. The smallest absolute Gasteiger partial charge is 0.340 e. The van der Waals surface area contributed by atoms with E-state index in [1.807, 2.05) is 6.92 Å². The zero-order chi connectivity index (χ0) is 21.2. The maximum absolute atomic E-state index is 12.5. The minimum atomic E-state index is -0.492. The Morgan fingerprint density at radius 2 is 1.79 bits per heavy atom. The lowest BCUT2D eigenvalue weighted by Crippen LogP contribution is -2.17. The number of carbonyl (C=O) groups excluding carboxylic acids is 3. The van der Waals surface area contributed by atoms with Crippen molar-refractivity contribution in [2.45, 2.75) is 32.6 Å². The van der Waals surface area contributed by atoms with Crippen molar-refractivity contribution in [1.29, 1.82) is 0 Å². The van der Waals surface area contributed by atoms with Crippen molar-refractivity contribution < 1.29 is 23.9 Å². The number of unbranched alkanes of at least 4 members (excludes halogenated alkanes) is 1. The molecule has 0 fully saturated rings. The Morgan fingerprint density at radius 3 is 2.52 bits per heavy atom. The number of anilines is 1. The Hall–Kier alpha value is -2.86. The molecule has 0 atom stereocenters. The molecule has 0 saturated carbocycles. The van der Waals surface area contributed by atoms with Gasteiger partial charge in [0.05, 0.1) is 30.5 Å². The standard InChI is InChI=1S/C22H24ClNO5/c1-3-4-13-29-22(27)16-7-5-6-8-18(16)24-21(26)12-10-19(25)17-14-15(23)9-11-20(17)28-2/h5-9,11,14H,3-4,10,12-13H2,1-2H3,(H,24,26). The Morgan fingerprint density at radius 1 is 1.03 bits per heavy atom. The number of para-hydroxylation sites is 1. The predicted octanol–water partition coefficient (Wildman–Crippen LogP) is 4.91. The van der Waals surface area contributed by atoms with E-state index in [1.165, 1.54) is 13.2 Å². The van der Waals surface area contributed by atoms with Crippen LogP contribution in [-0.4, -0.2) is 31.4 Å². The Labute approximate surface area is 175 Å². The Bertz CT molecular complexity index is 881. The third-order valence-corrected chi connectivity index (χ3v) is 4.43. The Balaban J connectivity index is 1.99. The number of benzene rings is 2. The monoisotopic (exact) mass is 417 g/mol. The maximum Gasteiger partial charge on any atom is 0.340 e. The number of Topliss-reactive ketones (excluding diaryl/α,β-unsaturated/α-hetero) is 1. The number of amides is 1. The van der Waals surface area contributed by atoms with Crippen LogP contribution in [0.2, 0.25) is 5.02 Å². The molecule has 2 aromatic carbocycles. The van der Waals surface area contributed by atoms with E-state index in [0.29, 0.717) is 28.6 Å². The van der Waals surface area contributed by atoms with E-state index in [2.05, 4.69) is 5.32 Å². The number of methoxy groups -OCH3 is 1. The van der Waals surface area contributed by atoms with Crippen LogP contribution in [0.25, 0.3) is 0 Å². The molecule has 7 heteroatoms. The third kappa shape index (κ3) is 6.61. The van der Waals surface area contributed by atoms with Gasteiger partial charge in [-0.25, -0.2) is 4.79 Å². The molecule has 0 aliphatic rings. The fourth-order valence-corrected chi connectivity index (χ4v) is 2.80. The summed E-state index contributed by atoms with van der Waals surface area (Å²) >= 11 is 5.95. The molecule has 6 nitrogen and oxygen atoms in total. The van der Waals surface area contributed by atoms with Crippen molar-refractivity contribution in [2.24, 2.45) is 0 Å². The molecule has 29 heavy (non-hydrogen) atoms. The minimum absolute atomic E-state index is 0.0222. The van der Waals surface area contributed by atoms with Crippen molar-refractivity contribution in [1.82, 2.24) is 0 Å². The second-order valence-corrected chi connectivity index (χ2v) is 6.79. The van der Waals surface area contributed by atoms with Gasteiger partial charge in [-0.1, -0.05) is 37.1 Å². The first-order chi connectivity index (χ1) is 14.0. The molecule has 0 spiro atoms. The number of hydrogen-bond acceptors (Lipinski definition) is 5. The van der Waals surface area contributed by atoms with E-state index in [-0.39, 0.29) is 30.1 Å². The van der Waals surface area contributed by atoms with Crippen molar-refractivity contribution in [3.63, 3.8) is 0 Å². The second-order valence-electron chi connectivity index (χ2n) is 6.35. The van der Waals surface area contributed by atoms with Gasteiger partial charge in [-0.15, -0.1) is 0 Å². The highest BCUT2D eigenvalue weighted by atomic mass is 35.5. The van der Waals surface area contributed by atoms with Crippen LogP contribution in [0.5, 0.6) is 5.75 Å². The highest BCUT2D eigenvalue weighted by molar-refractivity contribution is 6.31. The molecule has 1 N–H and O–H groups in total. The van der Waals surface area contributed by atoms with E-state index in [4.69, 9.17) is 21.1 Å². The summed E-state index contributed by atoms with van der Waals surface area (Å²) in [6, 6.07) is 11.4. The molecule has 0 radical (unpaired) electrons. The first kappa shape index (κ1) is 22.4. The first-order valence-electron chi connectivity index (χ1n) is 9.39. The van der Waals surface area contributed by atoms with Crippen LogP contribution >= 0.6 is 11.6 Å². The van der Waals surface area contributed by atoms with Gasteiger partial charge < -0.3 is 14.8 Å². The van der Waals surface area contributed by atoms with E-state index in [1.54, 1.807) is 36.4 Å². The van der Waals surface area contributed by atoms with Gasteiger partial charge in [-0.2, -0.15) is 0 Å². The summed E-state index contributed by atoms with van der Waals surface area (Å²) in [4.78, 5) is 37.0. The van der Waals surface area contributed by atoms with Crippen LogP contribution in [0, 0.1) is 0 Å². The summed E-state index contributed by atoms with van der Waals surface area (Å²) in [6.07, 6.45) is 1.62. The van der Waals surface area contributed by atoms with Crippen LogP contribution in [0.15, 0.2) is 42.5 Å². The van der Waals surface area contributed by atoms with Crippen molar-refractivity contribution in [3.05, 3.63) is 58.6 Å². The van der Waals surface area contributed by atoms with Gasteiger partial charge in [0, 0.05) is 17.9 Å². The first-order valence-corrected chi connectivity index (χ1v) is 9.76. The average Bonchev–Trinajstić information content (AvgIpc) is 2.72. The number of rotatable bonds is 10. The number of ketones is 1. The molecule has 0 aliphatic carbocycles. The molecule has 0 heterocycles. The normalized spacial score (nSPS) is 10.3. The number of carbonyl (C=O) groups is 3. The fourth-order valence-electron chi connectivity index (χ4n) is 2.63. The van der Waals surface area contributed by atoms with E-state index < -0.39 is 5.97 Å². The Kier molecular flexibility index (Phi) is 8.68. The summed E-state index contributed by atoms with van der Waals surface area (Å²) in [7, 11) is 1.46. The zero-order valence-electron chi connectivity index (χ0n) is 16.5. The molecular formula is C22H24ClNO5. The van der Waals surface area contributed by atoms with Crippen molar-refractivity contribution in [3.8, 4) is 5.75 Å². The average molecular weight is 418 g/mol. The van der Waals surface area contributed by atoms with Crippen LogP contribution in [0.1, 0.15) is 53.3 Å². The molecule has 0 aromatic heterocycles. The van der Waals surface area contributed by atoms with E-state index >= 15 is 0 Å². The molecular weight excluding hydrogens is 394 g/mol. The van der Waals surface area contributed by atoms with Gasteiger partial charge in [0.1, 0.15) is 5.75 Å². The number of hydrogen-bond donors (Lipinski definition) is 1. The number of halogens is 1. The molecule has 154 valence electrons. The highest BCUT2D eigenvalue weighted by Gasteiger charge is 2.17. The number of esters is 1. The van der Waals surface area contributed by atoms with Crippen LogP contribution in [0.4, 0.5) is 5.69 Å². The zero-order valence-corrected chi connectivity index (χ0v) is 17.3. The van der Waals surface area contributed by atoms with Gasteiger partial charge in [0.15, 0.2) is 5.78 Å². The van der Waals surface area contributed by atoms with Crippen LogP contribution in [0.3, 0.4) is 0 Å². The van der Waals surface area contributed by atoms with Crippen molar-refractivity contribution in [2.75, 3.05) is 19.0 Å². The fraction of sp³-hybridized carbons (Fsp3) is 0.318. The molecule has 0 saturated heterocycles. The quantitative estimate of drug-likeness (QED) is 0.337. The summed E-state index contributed by atoms with van der Waals surface area (Å²) in [5.41, 5.74) is 0.958. The lowest BCUT2D eigenvalue weighted by atomic mass is 10.1. The molecule has 2 aromatic rings. The van der Waals surface area contributed by atoms with Crippen LogP contribution in [-0.2, 0) is 9.53 Å². The lowest BCUT2D eigenvalue weighted by Gasteiger charge is -2.11. The SMILES string of the molecule is CCCCOC(=O)c1ccccc1NC(=O)CCC(=O)c1cc(Cl)ccc1OC. The van der Waals surface area contributed by atoms with E-state index in [0.717, 1.165) is 12.8 Å².